The van der Waals surface area contributed by atoms with E-state index in [9.17, 15) is 9.90 Å². The number of aliphatic hydroxyl groups excluding tert-OH is 1. The number of amides is 1. The first-order chi connectivity index (χ1) is 19.9. The summed E-state index contributed by atoms with van der Waals surface area (Å²) in [6, 6.07) is 14.8. The molecule has 2 aromatic carbocycles. The number of benzene rings is 2. The Labute approximate surface area is 249 Å². The van der Waals surface area contributed by atoms with Gasteiger partial charge in [0.15, 0.2) is 0 Å². The lowest BCUT2D eigenvalue weighted by Gasteiger charge is -2.34. The van der Waals surface area contributed by atoms with E-state index in [0.29, 0.717) is 40.7 Å². The normalized spacial score (nSPS) is 16.5. The second kappa shape index (κ2) is 11.8. The van der Waals surface area contributed by atoms with Crippen molar-refractivity contribution in [2.24, 2.45) is 0 Å². The largest absolute Gasteiger partial charge is 0.394 e. The number of hydrogen-bond acceptors (Lipinski definition) is 6. The predicted molar refractivity (Wildman–Crippen MR) is 162 cm³/mol. The maximum Gasteiger partial charge on any atom is 0.271 e. The SMILES string of the molecule is Cc1cnc(Nc2ccc(C3CCNCC3)cc2Cl)nc1-c1cc2n(c1)CCN(C(CO)c1cccc(Cl)c1)C2=O. The van der Waals surface area contributed by atoms with E-state index in [1.54, 1.807) is 23.2 Å². The van der Waals surface area contributed by atoms with Gasteiger partial charge in [0.25, 0.3) is 5.91 Å². The van der Waals surface area contributed by atoms with Crippen molar-refractivity contribution < 1.29 is 9.90 Å². The Morgan fingerprint density at radius 3 is 2.71 bits per heavy atom. The molecular formula is C31H32Cl2N6O2. The average Bonchev–Trinajstić information content (AvgIpc) is 3.42. The van der Waals surface area contributed by atoms with E-state index in [2.05, 4.69) is 21.7 Å². The summed E-state index contributed by atoms with van der Waals surface area (Å²) in [5.41, 5.74) is 5.81. The maximum atomic E-state index is 13.6. The fraction of sp³-hybridized carbons (Fsp3) is 0.323. The first kappa shape index (κ1) is 27.7. The molecule has 2 aliphatic heterocycles. The summed E-state index contributed by atoms with van der Waals surface area (Å²) >= 11 is 12.9. The summed E-state index contributed by atoms with van der Waals surface area (Å²) in [7, 11) is 0. The summed E-state index contributed by atoms with van der Waals surface area (Å²) in [5, 5.41) is 18.1. The molecule has 1 unspecified atom stereocenters. The van der Waals surface area contributed by atoms with Crippen LogP contribution in [0.2, 0.25) is 10.0 Å². The van der Waals surface area contributed by atoms with Crippen molar-refractivity contribution in [2.75, 3.05) is 31.6 Å². The van der Waals surface area contributed by atoms with Crippen LogP contribution in [0.3, 0.4) is 0 Å². The number of nitrogens with zero attached hydrogens (tertiary/aromatic N) is 4. The van der Waals surface area contributed by atoms with Crippen molar-refractivity contribution in [3.05, 3.63) is 93.4 Å². The summed E-state index contributed by atoms with van der Waals surface area (Å²) in [6.45, 7) is 4.89. The van der Waals surface area contributed by atoms with Gasteiger partial charge < -0.3 is 25.2 Å². The van der Waals surface area contributed by atoms with Gasteiger partial charge in [0, 0.05) is 36.1 Å². The number of aryl methyl sites for hydroxylation is 1. The standard InChI is InChI=1S/C31H32Cl2N6O2/c1-19-16-35-31(36-26-6-5-21(14-25(26)33)20-7-9-34-10-8-20)37-29(19)23-15-27-30(41)39(12-11-38(27)17-23)28(18-40)22-3-2-4-24(32)13-22/h2-6,13-17,20,28,34,40H,7-12,18H2,1H3,(H,35,36,37). The van der Waals surface area contributed by atoms with Crippen LogP contribution in [0.1, 0.15) is 52.0 Å². The minimum Gasteiger partial charge on any atom is -0.394 e. The van der Waals surface area contributed by atoms with Crippen LogP contribution in [0.4, 0.5) is 11.6 Å². The predicted octanol–water partition coefficient (Wildman–Crippen LogP) is 5.96. The molecule has 41 heavy (non-hydrogen) atoms. The molecule has 2 aromatic heterocycles. The molecule has 1 saturated heterocycles. The third kappa shape index (κ3) is 5.70. The van der Waals surface area contributed by atoms with Crippen molar-refractivity contribution in [2.45, 2.75) is 38.3 Å². The number of halogens is 2. The number of fused-ring (bicyclic) bond motifs is 1. The monoisotopic (exact) mass is 590 g/mol. The van der Waals surface area contributed by atoms with Gasteiger partial charge in [-0.2, -0.15) is 0 Å². The van der Waals surface area contributed by atoms with E-state index < -0.39 is 6.04 Å². The number of rotatable bonds is 7. The van der Waals surface area contributed by atoms with E-state index in [1.807, 2.05) is 48.0 Å². The van der Waals surface area contributed by atoms with E-state index in [0.717, 1.165) is 54.0 Å². The van der Waals surface area contributed by atoms with Crippen LogP contribution in [0.5, 0.6) is 0 Å². The summed E-state index contributed by atoms with van der Waals surface area (Å²) in [5.74, 6) is 0.801. The molecule has 8 nitrogen and oxygen atoms in total. The molecular weight excluding hydrogens is 559 g/mol. The second-order valence-electron chi connectivity index (χ2n) is 10.7. The Morgan fingerprint density at radius 1 is 1.12 bits per heavy atom. The van der Waals surface area contributed by atoms with Gasteiger partial charge in [0.05, 0.1) is 29.1 Å². The molecule has 0 saturated carbocycles. The smallest absolute Gasteiger partial charge is 0.271 e. The van der Waals surface area contributed by atoms with Crippen molar-refractivity contribution >= 4 is 40.7 Å². The molecule has 6 rings (SSSR count). The van der Waals surface area contributed by atoms with Crippen LogP contribution >= 0.6 is 23.2 Å². The molecule has 0 aliphatic carbocycles. The Balaban J connectivity index is 1.23. The zero-order valence-electron chi connectivity index (χ0n) is 22.8. The van der Waals surface area contributed by atoms with Gasteiger partial charge in [-0.1, -0.05) is 41.4 Å². The zero-order valence-corrected chi connectivity index (χ0v) is 24.3. The Bertz CT molecular complexity index is 1580. The van der Waals surface area contributed by atoms with E-state index in [4.69, 9.17) is 28.2 Å². The minimum atomic E-state index is -0.476. The zero-order chi connectivity index (χ0) is 28.5. The second-order valence-corrected chi connectivity index (χ2v) is 11.5. The average molecular weight is 592 g/mol. The fourth-order valence-electron chi connectivity index (χ4n) is 5.82. The molecule has 3 N–H and O–H groups in total. The van der Waals surface area contributed by atoms with Gasteiger partial charge in [-0.15, -0.1) is 0 Å². The number of hydrogen-bond donors (Lipinski definition) is 3. The fourth-order valence-corrected chi connectivity index (χ4v) is 6.26. The van der Waals surface area contributed by atoms with Gasteiger partial charge in [0.1, 0.15) is 5.69 Å². The lowest BCUT2D eigenvalue weighted by molar-refractivity contribution is 0.0526. The number of carbonyl (C=O) groups excluding carboxylic acids is 1. The molecule has 1 atom stereocenters. The van der Waals surface area contributed by atoms with Crippen LogP contribution in [0.15, 0.2) is 60.9 Å². The lowest BCUT2D eigenvalue weighted by atomic mass is 9.90. The first-order valence-electron chi connectivity index (χ1n) is 13.9. The molecule has 2 aliphatic rings. The molecule has 1 amide bonds. The highest BCUT2D eigenvalue weighted by Gasteiger charge is 2.32. The van der Waals surface area contributed by atoms with Crippen LogP contribution in [-0.2, 0) is 6.54 Å². The Morgan fingerprint density at radius 2 is 1.95 bits per heavy atom. The third-order valence-corrected chi connectivity index (χ3v) is 8.58. The molecule has 4 aromatic rings. The maximum absolute atomic E-state index is 13.6. The van der Waals surface area contributed by atoms with Gasteiger partial charge in [-0.25, -0.2) is 9.97 Å². The summed E-state index contributed by atoms with van der Waals surface area (Å²) < 4.78 is 1.95. The molecule has 10 heteroatoms. The highest BCUT2D eigenvalue weighted by atomic mass is 35.5. The summed E-state index contributed by atoms with van der Waals surface area (Å²) in [4.78, 5) is 24.6. The third-order valence-electron chi connectivity index (χ3n) is 8.04. The Kier molecular flexibility index (Phi) is 7.99. The molecule has 0 bridgehead atoms. The highest BCUT2D eigenvalue weighted by Crippen LogP contribution is 2.34. The molecule has 4 heterocycles. The van der Waals surface area contributed by atoms with Gasteiger partial charge >= 0.3 is 0 Å². The van der Waals surface area contributed by atoms with E-state index in [-0.39, 0.29) is 12.5 Å². The quantitative estimate of drug-likeness (QED) is 0.246. The molecule has 212 valence electrons. The number of aliphatic hydroxyl groups is 1. The van der Waals surface area contributed by atoms with Crippen LogP contribution in [-0.4, -0.2) is 56.7 Å². The minimum absolute atomic E-state index is 0.146. The van der Waals surface area contributed by atoms with Crippen LogP contribution in [0, 0.1) is 6.92 Å². The highest BCUT2D eigenvalue weighted by molar-refractivity contribution is 6.33. The number of piperidine rings is 1. The van der Waals surface area contributed by atoms with E-state index in [1.165, 1.54) is 5.56 Å². The van der Waals surface area contributed by atoms with Gasteiger partial charge in [-0.3, -0.25) is 4.79 Å². The van der Waals surface area contributed by atoms with Crippen molar-refractivity contribution in [1.82, 2.24) is 24.8 Å². The topological polar surface area (TPSA) is 95.3 Å². The van der Waals surface area contributed by atoms with Crippen molar-refractivity contribution in [3.63, 3.8) is 0 Å². The number of nitrogens with one attached hydrogen (secondary N) is 2. The number of aromatic nitrogens is 3. The van der Waals surface area contributed by atoms with Crippen LogP contribution in [0.25, 0.3) is 11.3 Å². The number of carbonyl (C=O) groups is 1. The number of anilines is 2. The van der Waals surface area contributed by atoms with Crippen molar-refractivity contribution in [1.29, 1.82) is 0 Å². The molecule has 0 spiro atoms. The van der Waals surface area contributed by atoms with Crippen molar-refractivity contribution in [3.8, 4) is 11.3 Å². The Hall–Kier alpha value is -3.43. The van der Waals surface area contributed by atoms with E-state index >= 15 is 0 Å². The lowest BCUT2D eigenvalue weighted by Crippen LogP contribution is -2.43. The van der Waals surface area contributed by atoms with Crippen LogP contribution < -0.4 is 10.6 Å². The van der Waals surface area contributed by atoms with Gasteiger partial charge in [-0.05, 0) is 85.8 Å². The molecule has 1 fully saturated rings. The summed E-state index contributed by atoms with van der Waals surface area (Å²) in [6.07, 6.45) is 5.94. The first-order valence-corrected chi connectivity index (χ1v) is 14.7. The van der Waals surface area contributed by atoms with Gasteiger partial charge in [0.2, 0.25) is 5.95 Å². The molecule has 0 radical (unpaired) electrons.